The standard InChI is InChI=1S/C4H8O5S.2Na.2H/c1-2-3(4(5)6)10(7,8)9;;;;/h3H,2H2,1H3,(H,5,6)(H,7,8,9);;;;. The third-order valence-corrected chi connectivity index (χ3v) is 2.26. The third-order valence-electron chi connectivity index (χ3n) is 1.01. The minimum atomic E-state index is -4.41. The molecule has 0 aliphatic heterocycles. The molecule has 0 spiro atoms. The first-order valence-electron chi connectivity index (χ1n) is 2.58. The fraction of sp³-hybridized carbons (Fsp3) is 0.750. The molecule has 0 saturated carbocycles. The molecular weight excluding hydrogens is 206 g/mol. The van der Waals surface area contributed by atoms with Crippen LogP contribution in [0.15, 0.2) is 0 Å². The van der Waals surface area contributed by atoms with Crippen LogP contribution in [0.1, 0.15) is 13.3 Å². The Labute approximate surface area is 115 Å². The van der Waals surface area contributed by atoms with Gasteiger partial charge in [0, 0.05) is 0 Å². The summed E-state index contributed by atoms with van der Waals surface area (Å²) >= 11 is 0. The quantitative estimate of drug-likeness (QED) is 0.439. The van der Waals surface area contributed by atoms with E-state index in [-0.39, 0.29) is 65.5 Å². The summed E-state index contributed by atoms with van der Waals surface area (Å²) in [7, 11) is -4.41. The molecule has 0 radical (unpaired) electrons. The van der Waals surface area contributed by atoms with Gasteiger partial charge in [-0.3, -0.25) is 9.35 Å². The van der Waals surface area contributed by atoms with Gasteiger partial charge in [-0.2, -0.15) is 8.42 Å². The van der Waals surface area contributed by atoms with E-state index in [9.17, 15) is 13.2 Å². The molecule has 0 aromatic heterocycles. The molecule has 0 bridgehead atoms. The zero-order chi connectivity index (χ0) is 8.36. The zero-order valence-electron chi connectivity index (χ0n) is 5.31. The van der Waals surface area contributed by atoms with Crippen molar-refractivity contribution in [3.8, 4) is 0 Å². The Morgan fingerprint density at radius 2 is 1.75 bits per heavy atom. The molecule has 0 amide bonds. The summed E-state index contributed by atoms with van der Waals surface area (Å²) in [5, 5.41) is 6.48. The van der Waals surface area contributed by atoms with Gasteiger partial charge in [0.1, 0.15) is 0 Å². The van der Waals surface area contributed by atoms with Gasteiger partial charge >= 0.3 is 65.1 Å². The van der Waals surface area contributed by atoms with Crippen LogP contribution in [0.3, 0.4) is 0 Å². The zero-order valence-corrected chi connectivity index (χ0v) is 6.13. The molecule has 0 heterocycles. The number of hydrogen-bond acceptors (Lipinski definition) is 3. The van der Waals surface area contributed by atoms with Gasteiger partial charge in [-0.15, -0.1) is 0 Å². The Kier molecular flexibility index (Phi) is 12.3. The van der Waals surface area contributed by atoms with Crippen molar-refractivity contribution in [3.63, 3.8) is 0 Å². The average molecular weight is 216 g/mol. The van der Waals surface area contributed by atoms with E-state index < -0.39 is 21.3 Å². The number of carboxylic acids is 1. The first-order valence-corrected chi connectivity index (χ1v) is 4.09. The summed E-state index contributed by atoms with van der Waals surface area (Å²) in [4.78, 5) is 10.0. The van der Waals surface area contributed by atoms with Crippen LogP contribution in [0.4, 0.5) is 0 Å². The second kappa shape index (κ2) is 7.75. The minimum absolute atomic E-state index is 0. The molecule has 0 aliphatic carbocycles. The molecule has 64 valence electrons. The van der Waals surface area contributed by atoms with Crippen LogP contribution in [0.5, 0.6) is 0 Å². The molecule has 5 nitrogen and oxygen atoms in total. The van der Waals surface area contributed by atoms with E-state index in [0.29, 0.717) is 0 Å². The van der Waals surface area contributed by atoms with Crippen LogP contribution < -0.4 is 0 Å². The van der Waals surface area contributed by atoms with E-state index in [4.69, 9.17) is 9.66 Å². The van der Waals surface area contributed by atoms with Gasteiger partial charge in [-0.05, 0) is 6.42 Å². The van der Waals surface area contributed by atoms with Crippen LogP contribution in [-0.4, -0.2) is 88.4 Å². The van der Waals surface area contributed by atoms with Crippen molar-refractivity contribution in [2.45, 2.75) is 18.6 Å². The van der Waals surface area contributed by atoms with Gasteiger partial charge in [0.2, 0.25) is 0 Å². The molecule has 1 atom stereocenters. The molecule has 0 aliphatic rings. The summed E-state index contributed by atoms with van der Waals surface area (Å²) in [5.41, 5.74) is 0. The van der Waals surface area contributed by atoms with E-state index in [0.717, 1.165) is 0 Å². The molecule has 0 aromatic rings. The number of rotatable bonds is 3. The Hall–Kier alpha value is 1.38. The fourth-order valence-corrected chi connectivity index (χ4v) is 1.19. The topological polar surface area (TPSA) is 91.7 Å². The second-order valence-electron chi connectivity index (χ2n) is 1.75. The molecule has 0 rings (SSSR count). The van der Waals surface area contributed by atoms with E-state index in [1.165, 1.54) is 6.92 Å². The number of hydrogen-bond donors (Lipinski definition) is 2. The maximum absolute atomic E-state index is 10.2. The number of carboxylic acid groups (broad SMARTS) is 1. The molecular formula is C4H10Na2O5S. The van der Waals surface area contributed by atoms with Crippen molar-refractivity contribution < 1.29 is 22.9 Å². The van der Waals surface area contributed by atoms with Crippen LogP contribution >= 0.6 is 0 Å². The molecule has 8 heteroatoms. The monoisotopic (exact) mass is 216 g/mol. The van der Waals surface area contributed by atoms with E-state index in [1.54, 1.807) is 0 Å². The average Bonchev–Trinajstić information content (AvgIpc) is 1.60. The molecule has 0 aromatic carbocycles. The van der Waals surface area contributed by atoms with Gasteiger partial charge in [0.25, 0.3) is 10.1 Å². The Morgan fingerprint density at radius 3 is 1.75 bits per heavy atom. The predicted octanol–water partition coefficient (Wildman–Crippen LogP) is -1.56. The SMILES string of the molecule is CCC(C(=O)O)S(=O)(=O)O.[NaH].[NaH]. The van der Waals surface area contributed by atoms with Crippen molar-refractivity contribution in [1.29, 1.82) is 0 Å². The van der Waals surface area contributed by atoms with Gasteiger partial charge in [-0.25, -0.2) is 0 Å². The molecule has 0 saturated heterocycles. The molecule has 12 heavy (non-hydrogen) atoms. The summed E-state index contributed by atoms with van der Waals surface area (Å²) < 4.78 is 28.6. The van der Waals surface area contributed by atoms with Crippen molar-refractivity contribution in [2.24, 2.45) is 0 Å². The summed E-state index contributed by atoms with van der Waals surface area (Å²) in [5.74, 6) is -1.52. The maximum atomic E-state index is 10.2. The second-order valence-corrected chi connectivity index (χ2v) is 3.35. The summed E-state index contributed by atoms with van der Waals surface area (Å²) in [6.45, 7) is 1.37. The number of aliphatic carboxylic acids is 1. The molecule has 0 fully saturated rings. The normalized spacial score (nSPS) is 12.2. The van der Waals surface area contributed by atoms with Crippen LogP contribution in [0, 0.1) is 0 Å². The molecule has 2 N–H and O–H groups in total. The summed E-state index contributed by atoms with van der Waals surface area (Å²) in [6.07, 6.45) is -0.131. The Bertz CT molecular complexity index is 224. The Morgan fingerprint density at radius 1 is 1.42 bits per heavy atom. The number of carbonyl (C=O) groups is 1. The van der Waals surface area contributed by atoms with E-state index >= 15 is 0 Å². The van der Waals surface area contributed by atoms with Gasteiger partial charge < -0.3 is 5.11 Å². The predicted molar refractivity (Wildman–Crippen MR) is 47.6 cm³/mol. The van der Waals surface area contributed by atoms with Gasteiger partial charge in [0.05, 0.1) is 0 Å². The third kappa shape index (κ3) is 6.85. The van der Waals surface area contributed by atoms with E-state index in [2.05, 4.69) is 0 Å². The van der Waals surface area contributed by atoms with Crippen molar-refractivity contribution in [3.05, 3.63) is 0 Å². The fourth-order valence-electron chi connectivity index (χ4n) is 0.513. The first kappa shape index (κ1) is 19.0. The van der Waals surface area contributed by atoms with Crippen LogP contribution in [0.25, 0.3) is 0 Å². The van der Waals surface area contributed by atoms with E-state index in [1.807, 2.05) is 0 Å². The van der Waals surface area contributed by atoms with Crippen molar-refractivity contribution >= 4 is 75.2 Å². The van der Waals surface area contributed by atoms with Crippen molar-refractivity contribution in [1.82, 2.24) is 0 Å². The van der Waals surface area contributed by atoms with Gasteiger partial charge in [0.15, 0.2) is 5.25 Å². The first-order chi connectivity index (χ1) is 4.39. The van der Waals surface area contributed by atoms with Crippen LogP contribution in [-0.2, 0) is 14.9 Å². The molecule has 1 unspecified atom stereocenters. The Balaban J connectivity index is -0.000000405. The van der Waals surface area contributed by atoms with Crippen LogP contribution in [0.2, 0.25) is 0 Å². The van der Waals surface area contributed by atoms with Crippen molar-refractivity contribution in [2.75, 3.05) is 0 Å². The summed E-state index contributed by atoms with van der Waals surface area (Å²) in [6, 6.07) is 0. The van der Waals surface area contributed by atoms with Gasteiger partial charge in [-0.1, -0.05) is 6.92 Å².